The number of aromatic nitrogens is 2. The quantitative estimate of drug-likeness (QED) is 0.171. The third kappa shape index (κ3) is 3.57. The van der Waals surface area contributed by atoms with Crippen molar-refractivity contribution in [1.29, 1.82) is 0 Å². The highest BCUT2D eigenvalue weighted by molar-refractivity contribution is 6.28. The third-order valence-electron chi connectivity index (χ3n) is 11.1. The fourth-order valence-electron chi connectivity index (χ4n) is 8.94. The van der Waals surface area contributed by atoms with Crippen LogP contribution in [0, 0.1) is 0 Å². The molecule has 3 heterocycles. The molecule has 0 saturated heterocycles. The molecular formula is C48H28N2O. The summed E-state index contributed by atoms with van der Waals surface area (Å²) in [7, 11) is 0. The minimum atomic E-state index is 0.894. The first kappa shape index (κ1) is 27.0. The van der Waals surface area contributed by atoms with E-state index >= 15 is 0 Å². The first-order chi connectivity index (χ1) is 25.3. The van der Waals surface area contributed by atoms with Crippen LogP contribution in [0.15, 0.2) is 174 Å². The number of benzene rings is 9. The Balaban J connectivity index is 1.20. The Labute approximate surface area is 291 Å². The molecule has 51 heavy (non-hydrogen) atoms. The molecule has 0 saturated carbocycles. The number of para-hydroxylation sites is 3. The first-order valence-corrected chi connectivity index (χ1v) is 17.5. The molecule has 0 atom stereocenters. The van der Waals surface area contributed by atoms with Gasteiger partial charge in [-0.05, 0) is 80.8 Å². The van der Waals surface area contributed by atoms with Gasteiger partial charge in [0.15, 0.2) is 0 Å². The van der Waals surface area contributed by atoms with Gasteiger partial charge in [-0.2, -0.15) is 0 Å². The van der Waals surface area contributed by atoms with E-state index in [-0.39, 0.29) is 0 Å². The molecule has 12 rings (SSSR count). The van der Waals surface area contributed by atoms with Crippen LogP contribution in [-0.2, 0) is 0 Å². The topological polar surface area (TPSA) is 23.0 Å². The Morgan fingerprint density at radius 2 is 0.784 bits per heavy atom. The van der Waals surface area contributed by atoms with Crippen LogP contribution < -0.4 is 0 Å². The SMILES string of the molecule is c1ccc2c(c1)oc1cc(-n3c4ccccc4c4ccc5c(c6ccccc6n5-c5ccc6c7ccccc7c7ccccc7c6c5)c43)ccc12. The molecule has 0 fully saturated rings. The molecule has 0 aliphatic carbocycles. The van der Waals surface area contributed by atoms with E-state index in [1.54, 1.807) is 0 Å². The number of rotatable bonds is 2. The zero-order valence-electron chi connectivity index (χ0n) is 27.5. The van der Waals surface area contributed by atoms with Crippen molar-refractivity contribution < 1.29 is 4.42 Å². The molecule has 9 aromatic carbocycles. The van der Waals surface area contributed by atoms with Crippen LogP contribution in [0.3, 0.4) is 0 Å². The van der Waals surface area contributed by atoms with Crippen molar-refractivity contribution in [1.82, 2.24) is 9.13 Å². The maximum absolute atomic E-state index is 6.41. The fraction of sp³-hybridized carbons (Fsp3) is 0. The molecule has 0 aliphatic heterocycles. The van der Waals surface area contributed by atoms with Crippen LogP contribution >= 0.6 is 0 Å². The fourth-order valence-corrected chi connectivity index (χ4v) is 8.94. The molecule has 3 nitrogen and oxygen atoms in total. The minimum absolute atomic E-state index is 0.894. The summed E-state index contributed by atoms with van der Waals surface area (Å²) in [6.07, 6.45) is 0. The highest BCUT2D eigenvalue weighted by Crippen LogP contribution is 2.44. The summed E-state index contributed by atoms with van der Waals surface area (Å²) in [4.78, 5) is 0. The van der Waals surface area contributed by atoms with Crippen molar-refractivity contribution in [2.45, 2.75) is 0 Å². The second-order valence-corrected chi connectivity index (χ2v) is 13.7. The van der Waals surface area contributed by atoms with E-state index in [2.05, 4.69) is 167 Å². The maximum Gasteiger partial charge on any atom is 0.137 e. The van der Waals surface area contributed by atoms with Gasteiger partial charge in [0, 0.05) is 49.8 Å². The Morgan fingerprint density at radius 1 is 0.294 bits per heavy atom. The number of hydrogen-bond donors (Lipinski definition) is 0. The summed E-state index contributed by atoms with van der Waals surface area (Å²) < 4.78 is 11.3. The Bertz CT molecular complexity index is 3390. The van der Waals surface area contributed by atoms with Gasteiger partial charge in [-0.15, -0.1) is 0 Å². The van der Waals surface area contributed by atoms with Gasteiger partial charge in [0.1, 0.15) is 11.2 Å². The molecule has 3 heteroatoms. The van der Waals surface area contributed by atoms with E-state index in [0.29, 0.717) is 0 Å². The van der Waals surface area contributed by atoms with Gasteiger partial charge < -0.3 is 13.6 Å². The highest BCUT2D eigenvalue weighted by atomic mass is 16.3. The molecule has 0 N–H and O–H groups in total. The van der Waals surface area contributed by atoms with Crippen LogP contribution in [-0.4, -0.2) is 9.13 Å². The number of furan rings is 1. The monoisotopic (exact) mass is 648 g/mol. The third-order valence-corrected chi connectivity index (χ3v) is 11.1. The van der Waals surface area contributed by atoms with Gasteiger partial charge >= 0.3 is 0 Å². The van der Waals surface area contributed by atoms with Crippen LogP contribution in [0.5, 0.6) is 0 Å². The summed E-state index contributed by atoms with van der Waals surface area (Å²) in [5, 5.41) is 14.9. The Kier molecular flexibility index (Phi) is 5.23. The lowest BCUT2D eigenvalue weighted by Crippen LogP contribution is -1.96. The van der Waals surface area contributed by atoms with Crippen molar-refractivity contribution in [2.75, 3.05) is 0 Å². The van der Waals surface area contributed by atoms with Gasteiger partial charge in [-0.25, -0.2) is 0 Å². The van der Waals surface area contributed by atoms with E-state index in [9.17, 15) is 0 Å². The van der Waals surface area contributed by atoms with Crippen molar-refractivity contribution in [3.05, 3.63) is 170 Å². The summed E-state index contributed by atoms with van der Waals surface area (Å²) in [6.45, 7) is 0. The molecule has 236 valence electrons. The zero-order chi connectivity index (χ0) is 33.2. The molecular weight excluding hydrogens is 621 g/mol. The molecule has 3 aromatic heterocycles. The lowest BCUT2D eigenvalue weighted by molar-refractivity contribution is 0.668. The van der Waals surface area contributed by atoms with Crippen molar-refractivity contribution in [3.63, 3.8) is 0 Å². The summed E-state index contributed by atoms with van der Waals surface area (Å²) >= 11 is 0. The lowest BCUT2D eigenvalue weighted by Gasteiger charge is -2.14. The first-order valence-electron chi connectivity index (χ1n) is 17.5. The van der Waals surface area contributed by atoms with Crippen molar-refractivity contribution in [2.24, 2.45) is 0 Å². The zero-order valence-corrected chi connectivity index (χ0v) is 27.5. The predicted molar refractivity (Wildman–Crippen MR) is 215 cm³/mol. The van der Waals surface area contributed by atoms with Crippen molar-refractivity contribution >= 4 is 97.9 Å². The van der Waals surface area contributed by atoms with Crippen LogP contribution in [0.2, 0.25) is 0 Å². The van der Waals surface area contributed by atoms with Gasteiger partial charge in [-0.1, -0.05) is 115 Å². The van der Waals surface area contributed by atoms with E-state index < -0.39 is 0 Å². The Morgan fingerprint density at radius 3 is 1.51 bits per heavy atom. The molecule has 0 spiro atoms. The molecule has 0 radical (unpaired) electrons. The van der Waals surface area contributed by atoms with Gasteiger partial charge in [0.25, 0.3) is 0 Å². The predicted octanol–water partition coefficient (Wildman–Crippen LogP) is 13.2. The van der Waals surface area contributed by atoms with Gasteiger partial charge in [0.05, 0.1) is 22.1 Å². The molecule has 12 aromatic rings. The molecule has 0 unspecified atom stereocenters. The van der Waals surface area contributed by atoms with E-state index in [0.717, 1.165) is 33.3 Å². The van der Waals surface area contributed by atoms with Gasteiger partial charge in [0.2, 0.25) is 0 Å². The maximum atomic E-state index is 6.41. The van der Waals surface area contributed by atoms with Crippen LogP contribution in [0.1, 0.15) is 0 Å². The average molecular weight is 649 g/mol. The van der Waals surface area contributed by atoms with Crippen LogP contribution in [0.25, 0.3) is 109 Å². The van der Waals surface area contributed by atoms with Crippen LogP contribution in [0.4, 0.5) is 0 Å². The molecule has 0 bridgehead atoms. The number of fused-ring (bicyclic) bond motifs is 16. The number of nitrogens with zero attached hydrogens (tertiary/aromatic N) is 2. The standard InChI is InChI=1S/C48H28N2O/c1-2-13-33-31(11-1)32-12-3-4-14-34(32)41-27-29(21-23-35(33)41)49-43-19-9-6-17-40(43)47-44(49)26-25-39-36-15-5-8-18-42(36)50(48(39)47)30-22-24-38-37-16-7-10-20-45(37)51-46(38)28-30/h1-28H. The lowest BCUT2D eigenvalue weighted by atomic mass is 9.94. The summed E-state index contributed by atoms with van der Waals surface area (Å²) in [5.41, 5.74) is 8.79. The summed E-state index contributed by atoms with van der Waals surface area (Å²) in [6, 6.07) is 61.8. The van der Waals surface area contributed by atoms with E-state index in [1.165, 1.54) is 75.9 Å². The smallest absolute Gasteiger partial charge is 0.137 e. The second kappa shape index (κ2) is 9.87. The van der Waals surface area contributed by atoms with Crippen molar-refractivity contribution in [3.8, 4) is 11.4 Å². The van der Waals surface area contributed by atoms with E-state index in [4.69, 9.17) is 4.42 Å². The number of hydrogen-bond acceptors (Lipinski definition) is 1. The minimum Gasteiger partial charge on any atom is -0.456 e. The Hall–Kier alpha value is -6.84. The molecule has 0 amide bonds. The average Bonchev–Trinajstić information content (AvgIpc) is 3.85. The summed E-state index contributed by atoms with van der Waals surface area (Å²) in [5.74, 6) is 0. The molecule has 0 aliphatic rings. The normalized spacial score (nSPS) is 12.3. The highest BCUT2D eigenvalue weighted by Gasteiger charge is 2.22. The van der Waals surface area contributed by atoms with E-state index in [1.807, 2.05) is 12.1 Å². The largest absolute Gasteiger partial charge is 0.456 e. The van der Waals surface area contributed by atoms with Gasteiger partial charge in [-0.3, -0.25) is 0 Å². The second-order valence-electron chi connectivity index (χ2n) is 13.7.